The summed E-state index contributed by atoms with van der Waals surface area (Å²) in [5.74, 6) is -1.01. The van der Waals surface area contributed by atoms with Crippen molar-refractivity contribution >= 4 is 34.2 Å². The zero-order chi connectivity index (χ0) is 15.7. The summed E-state index contributed by atoms with van der Waals surface area (Å²) >= 11 is 5.91. The molecular weight excluding hydrogens is 307 g/mol. The van der Waals surface area contributed by atoms with Crippen molar-refractivity contribution in [1.82, 2.24) is 0 Å². The highest BCUT2D eigenvalue weighted by Gasteiger charge is 2.12. The van der Waals surface area contributed by atoms with Gasteiger partial charge in [0.25, 0.3) is 5.91 Å². The first-order valence-corrected chi connectivity index (χ1v) is 6.76. The number of hydrogen-bond donors (Lipinski definition) is 2. The molecule has 0 aliphatic carbocycles. The summed E-state index contributed by atoms with van der Waals surface area (Å²) in [5.41, 5.74) is 0.523. The van der Waals surface area contributed by atoms with Crippen molar-refractivity contribution in [3.8, 4) is 0 Å². The standard InChI is InChI=1S/C16H10ClFN2O2/c17-10-4-5-14-9(6-10)7-13(15(19)22-14)16(21)20-12-3-1-2-11(18)8-12/h1-8,19H,(H,20,21). The third kappa shape index (κ3) is 2.84. The fraction of sp³-hybridized carbons (Fsp3) is 0. The zero-order valence-corrected chi connectivity index (χ0v) is 11.9. The summed E-state index contributed by atoms with van der Waals surface area (Å²) < 4.78 is 18.4. The Hall–Kier alpha value is -2.66. The smallest absolute Gasteiger partial charge is 0.261 e. The van der Waals surface area contributed by atoms with Gasteiger partial charge in [0.05, 0.1) is 0 Å². The van der Waals surface area contributed by atoms with Crippen LogP contribution in [0.1, 0.15) is 10.4 Å². The average molecular weight is 317 g/mol. The van der Waals surface area contributed by atoms with Crippen LogP contribution in [-0.4, -0.2) is 5.91 Å². The van der Waals surface area contributed by atoms with Crippen molar-refractivity contribution in [2.24, 2.45) is 0 Å². The van der Waals surface area contributed by atoms with E-state index in [0.717, 1.165) is 0 Å². The molecule has 0 fully saturated rings. The van der Waals surface area contributed by atoms with Crippen molar-refractivity contribution in [2.45, 2.75) is 0 Å². The van der Waals surface area contributed by atoms with Gasteiger partial charge in [0.15, 0.2) is 0 Å². The minimum atomic E-state index is -0.554. The van der Waals surface area contributed by atoms with Gasteiger partial charge in [0.1, 0.15) is 17.0 Å². The van der Waals surface area contributed by atoms with E-state index in [0.29, 0.717) is 21.7 Å². The van der Waals surface area contributed by atoms with E-state index in [1.54, 1.807) is 24.3 Å². The van der Waals surface area contributed by atoms with Gasteiger partial charge in [-0.15, -0.1) is 0 Å². The lowest BCUT2D eigenvalue weighted by Gasteiger charge is -2.06. The Morgan fingerprint density at radius 1 is 1.18 bits per heavy atom. The lowest BCUT2D eigenvalue weighted by Crippen LogP contribution is -2.20. The monoisotopic (exact) mass is 316 g/mol. The summed E-state index contributed by atoms with van der Waals surface area (Å²) in [6, 6.07) is 11.9. The van der Waals surface area contributed by atoms with Crippen molar-refractivity contribution in [2.75, 3.05) is 5.32 Å². The maximum Gasteiger partial charge on any atom is 0.261 e. The van der Waals surface area contributed by atoms with Gasteiger partial charge in [-0.3, -0.25) is 10.2 Å². The highest BCUT2D eigenvalue weighted by atomic mass is 35.5. The molecule has 3 aromatic rings. The molecule has 0 spiro atoms. The van der Waals surface area contributed by atoms with Crippen LogP contribution in [-0.2, 0) is 0 Å². The number of fused-ring (bicyclic) bond motifs is 1. The van der Waals surface area contributed by atoms with Gasteiger partial charge in [0, 0.05) is 16.1 Å². The van der Waals surface area contributed by atoms with Crippen LogP contribution in [0.25, 0.3) is 11.0 Å². The third-order valence-corrected chi connectivity index (χ3v) is 3.29. The van der Waals surface area contributed by atoms with Gasteiger partial charge in [-0.1, -0.05) is 17.7 Å². The van der Waals surface area contributed by atoms with E-state index in [2.05, 4.69) is 5.32 Å². The lowest BCUT2D eigenvalue weighted by molar-refractivity contribution is 0.102. The number of anilines is 1. The van der Waals surface area contributed by atoms with Crippen molar-refractivity contribution in [1.29, 1.82) is 5.41 Å². The molecule has 110 valence electrons. The molecule has 1 heterocycles. The van der Waals surface area contributed by atoms with Crippen molar-refractivity contribution < 1.29 is 13.6 Å². The van der Waals surface area contributed by atoms with Gasteiger partial charge in [-0.25, -0.2) is 4.39 Å². The molecule has 1 amide bonds. The molecule has 0 bridgehead atoms. The predicted octanol–water partition coefficient (Wildman–Crippen LogP) is 3.96. The normalized spacial score (nSPS) is 10.6. The van der Waals surface area contributed by atoms with E-state index < -0.39 is 11.7 Å². The first kappa shape index (κ1) is 14.3. The topological polar surface area (TPSA) is 66.1 Å². The molecule has 22 heavy (non-hydrogen) atoms. The molecule has 4 nitrogen and oxygen atoms in total. The maximum atomic E-state index is 13.1. The van der Waals surface area contributed by atoms with E-state index in [1.807, 2.05) is 0 Å². The Balaban J connectivity index is 2.00. The van der Waals surface area contributed by atoms with Crippen LogP contribution >= 0.6 is 11.6 Å². The first-order chi connectivity index (χ1) is 10.5. The molecule has 2 N–H and O–H groups in total. The Morgan fingerprint density at radius 2 is 2.00 bits per heavy atom. The minimum Gasteiger partial charge on any atom is -0.438 e. The Morgan fingerprint density at radius 3 is 2.77 bits per heavy atom. The third-order valence-electron chi connectivity index (χ3n) is 3.06. The predicted molar refractivity (Wildman–Crippen MR) is 81.4 cm³/mol. The van der Waals surface area contributed by atoms with Crippen LogP contribution in [0.2, 0.25) is 5.02 Å². The molecule has 6 heteroatoms. The highest BCUT2D eigenvalue weighted by Crippen LogP contribution is 2.19. The zero-order valence-electron chi connectivity index (χ0n) is 11.2. The molecule has 1 aromatic heterocycles. The second-order valence-electron chi connectivity index (χ2n) is 4.64. The summed E-state index contributed by atoms with van der Waals surface area (Å²) in [6.07, 6.45) is 0. The van der Waals surface area contributed by atoms with Crippen LogP contribution < -0.4 is 10.9 Å². The van der Waals surface area contributed by atoms with Crippen LogP contribution in [0.5, 0.6) is 0 Å². The number of carbonyl (C=O) groups excluding carboxylic acids is 1. The average Bonchev–Trinajstić information content (AvgIpc) is 2.47. The Kier molecular flexibility index (Phi) is 3.65. The minimum absolute atomic E-state index is 0.0408. The molecule has 2 aromatic carbocycles. The Bertz CT molecular complexity index is 937. The molecule has 0 aliphatic heterocycles. The Labute approximate surface area is 129 Å². The summed E-state index contributed by atoms with van der Waals surface area (Å²) in [7, 11) is 0. The largest absolute Gasteiger partial charge is 0.438 e. The molecule has 0 atom stereocenters. The summed E-state index contributed by atoms with van der Waals surface area (Å²) in [4.78, 5) is 12.2. The van der Waals surface area contributed by atoms with E-state index >= 15 is 0 Å². The van der Waals surface area contributed by atoms with E-state index in [1.165, 1.54) is 24.3 Å². The number of nitrogens with one attached hydrogen (secondary N) is 2. The number of halogens is 2. The number of benzene rings is 2. The van der Waals surface area contributed by atoms with E-state index in [-0.39, 0.29) is 11.1 Å². The van der Waals surface area contributed by atoms with Crippen LogP contribution in [0, 0.1) is 11.2 Å². The molecule has 0 aliphatic rings. The molecule has 3 rings (SSSR count). The van der Waals surface area contributed by atoms with Crippen LogP contribution in [0.15, 0.2) is 52.9 Å². The molecule has 0 saturated heterocycles. The number of hydrogen-bond acceptors (Lipinski definition) is 3. The van der Waals surface area contributed by atoms with Crippen molar-refractivity contribution in [3.05, 3.63) is 70.5 Å². The number of amides is 1. The molecule has 0 unspecified atom stereocenters. The van der Waals surface area contributed by atoms with Gasteiger partial charge >= 0.3 is 0 Å². The van der Waals surface area contributed by atoms with Crippen LogP contribution in [0.3, 0.4) is 0 Å². The van der Waals surface area contributed by atoms with Gasteiger partial charge in [-0.2, -0.15) is 0 Å². The summed E-state index contributed by atoms with van der Waals surface area (Å²) in [5, 5.41) is 11.4. The quantitative estimate of drug-likeness (QED) is 0.751. The van der Waals surface area contributed by atoms with Gasteiger partial charge in [0.2, 0.25) is 5.55 Å². The maximum absolute atomic E-state index is 13.1. The van der Waals surface area contributed by atoms with E-state index in [9.17, 15) is 9.18 Å². The molecular formula is C16H10ClFN2O2. The second-order valence-corrected chi connectivity index (χ2v) is 5.07. The fourth-order valence-corrected chi connectivity index (χ4v) is 2.22. The van der Waals surface area contributed by atoms with E-state index in [4.69, 9.17) is 21.4 Å². The van der Waals surface area contributed by atoms with Gasteiger partial charge in [-0.05, 0) is 42.5 Å². The fourth-order valence-electron chi connectivity index (χ4n) is 2.04. The molecule has 0 saturated carbocycles. The van der Waals surface area contributed by atoms with Gasteiger partial charge < -0.3 is 9.73 Å². The summed E-state index contributed by atoms with van der Waals surface area (Å²) in [6.45, 7) is 0. The number of carbonyl (C=O) groups is 1. The second kappa shape index (κ2) is 5.61. The van der Waals surface area contributed by atoms with Crippen molar-refractivity contribution in [3.63, 3.8) is 0 Å². The highest BCUT2D eigenvalue weighted by molar-refractivity contribution is 6.31. The van der Waals surface area contributed by atoms with Crippen LogP contribution in [0.4, 0.5) is 10.1 Å². The lowest BCUT2D eigenvalue weighted by atomic mass is 10.1. The molecule has 0 radical (unpaired) electrons. The first-order valence-electron chi connectivity index (χ1n) is 6.38. The number of rotatable bonds is 2. The SMILES string of the molecule is N=c1oc2ccc(Cl)cc2cc1C(=O)Nc1cccc(F)c1.